The number of rotatable bonds is 7. The number of hydrogen-bond acceptors (Lipinski definition) is 3. The maximum Gasteiger partial charge on any atom is 0.303 e. The second kappa shape index (κ2) is 5.26. The molecule has 1 atom stereocenters. The van der Waals surface area contributed by atoms with Crippen molar-refractivity contribution in [3.63, 3.8) is 0 Å². The standard InChI is InChI=1S/C13H22N2O3/c14-10(9-2-3-9)6-11(16)15-8-13(4-1-5-13)7-12(17)18/h9-10H,1-8,14H2,(H,15,16)(H,17,18). The first-order chi connectivity index (χ1) is 8.51. The first-order valence-electron chi connectivity index (χ1n) is 6.75. The molecule has 0 radical (unpaired) electrons. The van der Waals surface area contributed by atoms with Gasteiger partial charge in [0, 0.05) is 19.0 Å². The summed E-state index contributed by atoms with van der Waals surface area (Å²) in [5.41, 5.74) is 5.69. The molecule has 5 nitrogen and oxygen atoms in total. The summed E-state index contributed by atoms with van der Waals surface area (Å²) in [6.07, 6.45) is 5.65. The van der Waals surface area contributed by atoms with Gasteiger partial charge in [0.05, 0.1) is 6.42 Å². The van der Waals surface area contributed by atoms with Crippen molar-refractivity contribution in [2.45, 2.75) is 51.0 Å². The highest BCUT2D eigenvalue weighted by Gasteiger charge is 2.39. The van der Waals surface area contributed by atoms with E-state index in [0.29, 0.717) is 18.9 Å². The minimum atomic E-state index is -0.779. The lowest BCUT2D eigenvalue weighted by Crippen LogP contribution is -2.44. The highest BCUT2D eigenvalue weighted by atomic mass is 16.4. The van der Waals surface area contributed by atoms with Gasteiger partial charge in [-0.3, -0.25) is 9.59 Å². The van der Waals surface area contributed by atoms with Gasteiger partial charge < -0.3 is 16.2 Å². The van der Waals surface area contributed by atoms with Crippen molar-refractivity contribution < 1.29 is 14.7 Å². The van der Waals surface area contributed by atoms with Gasteiger partial charge in [-0.2, -0.15) is 0 Å². The molecule has 2 aliphatic carbocycles. The predicted molar refractivity (Wildman–Crippen MR) is 66.9 cm³/mol. The summed E-state index contributed by atoms with van der Waals surface area (Å²) in [4.78, 5) is 22.5. The molecule has 0 saturated heterocycles. The van der Waals surface area contributed by atoms with Gasteiger partial charge in [0.25, 0.3) is 0 Å². The van der Waals surface area contributed by atoms with E-state index >= 15 is 0 Å². The van der Waals surface area contributed by atoms with E-state index < -0.39 is 5.97 Å². The Morgan fingerprint density at radius 3 is 2.50 bits per heavy atom. The van der Waals surface area contributed by atoms with Gasteiger partial charge in [-0.1, -0.05) is 6.42 Å². The van der Waals surface area contributed by atoms with Gasteiger partial charge in [-0.15, -0.1) is 0 Å². The van der Waals surface area contributed by atoms with Crippen LogP contribution in [0, 0.1) is 11.3 Å². The van der Waals surface area contributed by atoms with Gasteiger partial charge in [0.15, 0.2) is 0 Å². The SMILES string of the molecule is NC(CC(=O)NCC1(CC(=O)O)CCC1)C1CC1. The van der Waals surface area contributed by atoms with E-state index in [2.05, 4.69) is 5.32 Å². The predicted octanol–water partition coefficient (Wildman–Crippen LogP) is 0.875. The van der Waals surface area contributed by atoms with Crippen LogP contribution in [-0.4, -0.2) is 29.6 Å². The summed E-state index contributed by atoms with van der Waals surface area (Å²) >= 11 is 0. The molecule has 0 aromatic rings. The van der Waals surface area contributed by atoms with Crippen LogP contribution in [0.2, 0.25) is 0 Å². The molecule has 0 heterocycles. The Balaban J connectivity index is 1.72. The van der Waals surface area contributed by atoms with Crippen molar-refractivity contribution in [2.24, 2.45) is 17.1 Å². The summed E-state index contributed by atoms with van der Waals surface area (Å²) in [6.45, 7) is 0.482. The summed E-state index contributed by atoms with van der Waals surface area (Å²) in [6, 6.07) is -0.0261. The smallest absolute Gasteiger partial charge is 0.303 e. The van der Waals surface area contributed by atoms with E-state index in [0.717, 1.165) is 32.1 Å². The van der Waals surface area contributed by atoms with Crippen LogP contribution in [-0.2, 0) is 9.59 Å². The Bertz CT molecular complexity index is 335. The fourth-order valence-electron chi connectivity index (χ4n) is 2.68. The molecule has 2 rings (SSSR count). The van der Waals surface area contributed by atoms with Crippen molar-refractivity contribution >= 4 is 11.9 Å². The van der Waals surface area contributed by atoms with Crippen LogP contribution in [0.25, 0.3) is 0 Å². The lowest BCUT2D eigenvalue weighted by Gasteiger charge is -2.40. The number of carboxylic acids is 1. The number of nitrogens with one attached hydrogen (secondary N) is 1. The van der Waals surface area contributed by atoms with Crippen LogP contribution in [0.4, 0.5) is 0 Å². The zero-order chi connectivity index (χ0) is 13.2. The van der Waals surface area contributed by atoms with Gasteiger partial charge >= 0.3 is 5.97 Å². The van der Waals surface area contributed by atoms with Crippen LogP contribution in [0.3, 0.4) is 0 Å². The Morgan fingerprint density at radius 1 is 1.39 bits per heavy atom. The van der Waals surface area contributed by atoms with Crippen molar-refractivity contribution in [1.82, 2.24) is 5.32 Å². The number of hydrogen-bond donors (Lipinski definition) is 3. The third-order valence-electron chi connectivity index (χ3n) is 4.25. The first-order valence-corrected chi connectivity index (χ1v) is 6.75. The number of carboxylic acid groups (broad SMARTS) is 1. The zero-order valence-corrected chi connectivity index (χ0v) is 10.7. The maximum absolute atomic E-state index is 11.7. The fraction of sp³-hybridized carbons (Fsp3) is 0.846. The van der Waals surface area contributed by atoms with Gasteiger partial charge in [-0.25, -0.2) is 0 Å². The molecule has 0 aliphatic heterocycles. The Morgan fingerprint density at radius 2 is 2.06 bits per heavy atom. The molecule has 102 valence electrons. The molecule has 2 saturated carbocycles. The second-order valence-electron chi connectivity index (χ2n) is 5.91. The molecule has 0 spiro atoms. The number of aliphatic carboxylic acids is 1. The molecule has 2 fully saturated rings. The largest absolute Gasteiger partial charge is 0.481 e. The van der Waals surface area contributed by atoms with Crippen LogP contribution in [0.1, 0.15) is 44.9 Å². The minimum absolute atomic E-state index is 0.0261. The molecule has 18 heavy (non-hydrogen) atoms. The number of carbonyl (C=O) groups is 2. The van der Waals surface area contributed by atoms with Crippen LogP contribution < -0.4 is 11.1 Å². The molecule has 0 aromatic carbocycles. The van der Waals surface area contributed by atoms with E-state index in [-0.39, 0.29) is 23.8 Å². The topological polar surface area (TPSA) is 92.4 Å². The molecule has 1 unspecified atom stereocenters. The monoisotopic (exact) mass is 254 g/mol. The average molecular weight is 254 g/mol. The molecular weight excluding hydrogens is 232 g/mol. The molecule has 1 amide bonds. The van der Waals surface area contributed by atoms with Gasteiger partial charge in [0.1, 0.15) is 0 Å². The fourth-order valence-corrected chi connectivity index (χ4v) is 2.68. The first kappa shape index (κ1) is 13.3. The Kier molecular flexibility index (Phi) is 3.90. The van der Waals surface area contributed by atoms with Gasteiger partial charge in [0.2, 0.25) is 5.91 Å². The highest BCUT2D eigenvalue weighted by molar-refractivity contribution is 5.77. The number of carbonyl (C=O) groups excluding carboxylic acids is 1. The van der Waals surface area contributed by atoms with Crippen LogP contribution >= 0.6 is 0 Å². The van der Waals surface area contributed by atoms with Crippen molar-refractivity contribution in [3.8, 4) is 0 Å². The Labute approximate surface area is 107 Å². The quantitative estimate of drug-likeness (QED) is 0.628. The maximum atomic E-state index is 11.7. The molecule has 4 N–H and O–H groups in total. The van der Waals surface area contributed by atoms with Crippen LogP contribution in [0.15, 0.2) is 0 Å². The number of nitrogens with two attached hydrogens (primary N) is 1. The van der Waals surface area contributed by atoms with Crippen molar-refractivity contribution in [3.05, 3.63) is 0 Å². The highest BCUT2D eigenvalue weighted by Crippen LogP contribution is 2.43. The molecule has 2 aliphatic rings. The third kappa shape index (κ3) is 3.45. The lowest BCUT2D eigenvalue weighted by molar-refractivity contribution is -0.141. The van der Waals surface area contributed by atoms with Crippen molar-refractivity contribution in [2.75, 3.05) is 6.54 Å². The summed E-state index contributed by atoms with van der Waals surface area (Å²) in [5, 5.41) is 11.7. The number of amides is 1. The van der Waals surface area contributed by atoms with Gasteiger partial charge in [-0.05, 0) is 37.0 Å². The van der Waals surface area contributed by atoms with E-state index in [1.54, 1.807) is 0 Å². The lowest BCUT2D eigenvalue weighted by atomic mass is 9.66. The summed E-state index contributed by atoms with van der Waals surface area (Å²) < 4.78 is 0. The van der Waals surface area contributed by atoms with Crippen LogP contribution in [0.5, 0.6) is 0 Å². The second-order valence-corrected chi connectivity index (χ2v) is 5.91. The molecule has 5 heteroatoms. The van der Waals surface area contributed by atoms with Crippen molar-refractivity contribution in [1.29, 1.82) is 0 Å². The molecule has 0 aromatic heterocycles. The third-order valence-corrected chi connectivity index (χ3v) is 4.25. The van der Waals surface area contributed by atoms with E-state index in [9.17, 15) is 9.59 Å². The Hall–Kier alpha value is -1.10. The van der Waals surface area contributed by atoms with E-state index in [1.165, 1.54) is 0 Å². The summed E-state index contributed by atoms with van der Waals surface area (Å²) in [5.74, 6) is -0.294. The summed E-state index contributed by atoms with van der Waals surface area (Å²) in [7, 11) is 0. The molecular formula is C13H22N2O3. The minimum Gasteiger partial charge on any atom is -0.481 e. The molecule has 0 bridgehead atoms. The van der Waals surface area contributed by atoms with E-state index in [1.807, 2.05) is 0 Å². The van der Waals surface area contributed by atoms with E-state index in [4.69, 9.17) is 10.8 Å². The zero-order valence-electron chi connectivity index (χ0n) is 10.7. The normalized spacial score (nSPS) is 22.9. The average Bonchev–Trinajstić information content (AvgIpc) is 3.04.